The maximum absolute atomic E-state index is 10.4. The molecule has 0 aromatic carbocycles. The quantitative estimate of drug-likeness (QED) is 0.718. The fourth-order valence-electron chi connectivity index (χ4n) is 2.77. The first kappa shape index (κ1) is 10.5. The first-order valence-corrected chi connectivity index (χ1v) is 5.72. The molecule has 3 unspecified atom stereocenters. The Morgan fingerprint density at radius 1 is 1.40 bits per heavy atom. The summed E-state index contributed by atoms with van der Waals surface area (Å²) < 4.78 is 0. The van der Waals surface area contributed by atoms with Gasteiger partial charge in [-0.05, 0) is 43.9 Å². The molecule has 0 aromatic heterocycles. The van der Waals surface area contributed by atoms with Crippen LogP contribution in [0.4, 0.5) is 0 Å². The fourth-order valence-corrected chi connectivity index (χ4v) is 2.77. The van der Waals surface area contributed by atoms with Gasteiger partial charge in [0, 0.05) is 6.42 Å². The monoisotopic (exact) mass is 206 g/mol. The Morgan fingerprint density at radius 3 is 2.73 bits per heavy atom. The third kappa shape index (κ3) is 2.49. The largest absolute Gasteiger partial charge is 0.481 e. The molecule has 2 nitrogen and oxygen atoms in total. The number of aliphatic carboxylic acids is 1. The minimum absolute atomic E-state index is 0.263. The van der Waals surface area contributed by atoms with Crippen LogP contribution in [0.15, 0.2) is 23.8 Å². The van der Waals surface area contributed by atoms with Gasteiger partial charge in [0.15, 0.2) is 0 Å². The lowest BCUT2D eigenvalue weighted by atomic mass is 9.91. The highest BCUT2D eigenvalue weighted by molar-refractivity contribution is 5.67. The van der Waals surface area contributed by atoms with Crippen LogP contribution in [0.1, 0.15) is 32.6 Å². The second-order valence-electron chi connectivity index (χ2n) is 4.85. The molecule has 0 radical (unpaired) electrons. The summed E-state index contributed by atoms with van der Waals surface area (Å²) in [5.74, 6) is 1.50. The van der Waals surface area contributed by atoms with Gasteiger partial charge in [0.1, 0.15) is 0 Å². The second kappa shape index (κ2) is 4.21. The van der Waals surface area contributed by atoms with Crippen LogP contribution in [0, 0.1) is 17.8 Å². The third-order valence-electron chi connectivity index (χ3n) is 3.56. The van der Waals surface area contributed by atoms with Crippen LogP contribution >= 0.6 is 0 Å². The van der Waals surface area contributed by atoms with Crippen molar-refractivity contribution in [2.24, 2.45) is 17.8 Å². The van der Waals surface area contributed by atoms with Crippen LogP contribution in [-0.4, -0.2) is 11.1 Å². The molecule has 1 fully saturated rings. The summed E-state index contributed by atoms with van der Waals surface area (Å²) in [5.41, 5.74) is 1.24. The van der Waals surface area contributed by atoms with Crippen molar-refractivity contribution < 1.29 is 9.90 Å². The SMILES string of the molecule is CC(=CC1CC2C=CC1C2)CCC(=O)O. The average Bonchev–Trinajstić information content (AvgIpc) is 2.76. The zero-order chi connectivity index (χ0) is 10.8. The van der Waals surface area contributed by atoms with Crippen LogP contribution < -0.4 is 0 Å². The topological polar surface area (TPSA) is 37.3 Å². The number of rotatable bonds is 4. The van der Waals surface area contributed by atoms with Crippen LogP contribution in [0.5, 0.6) is 0 Å². The van der Waals surface area contributed by atoms with Crippen molar-refractivity contribution in [3.05, 3.63) is 23.8 Å². The van der Waals surface area contributed by atoms with E-state index in [0.29, 0.717) is 12.3 Å². The summed E-state index contributed by atoms with van der Waals surface area (Å²) in [6.07, 6.45) is 10.5. The summed E-state index contributed by atoms with van der Waals surface area (Å²) in [6.45, 7) is 2.05. The molecule has 2 rings (SSSR count). The van der Waals surface area contributed by atoms with E-state index < -0.39 is 5.97 Å². The molecular weight excluding hydrogens is 188 g/mol. The minimum Gasteiger partial charge on any atom is -0.481 e. The van der Waals surface area contributed by atoms with Gasteiger partial charge in [-0.1, -0.05) is 23.8 Å². The molecule has 2 aliphatic carbocycles. The molecule has 2 aliphatic rings. The molecule has 0 aliphatic heterocycles. The maximum Gasteiger partial charge on any atom is 0.303 e. The van der Waals surface area contributed by atoms with E-state index in [2.05, 4.69) is 25.2 Å². The summed E-state index contributed by atoms with van der Waals surface area (Å²) in [7, 11) is 0. The van der Waals surface area contributed by atoms with E-state index in [9.17, 15) is 4.79 Å². The van der Waals surface area contributed by atoms with E-state index >= 15 is 0 Å². The summed E-state index contributed by atoms with van der Waals surface area (Å²) in [5, 5.41) is 8.59. The van der Waals surface area contributed by atoms with Gasteiger partial charge in [-0.3, -0.25) is 4.79 Å². The Labute approximate surface area is 90.7 Å². The van der Waals surface area contributed by atoms with E-state index in [1.54, 1.807) is 0 Å². The molecule has 2 heteroatoms. The summed E-state index contributed by atoms with van der Waals surface area (Å²) in [4.78, 5) is 10.4. The Morgan fingerprint density at radius 2 is 2.20 bits per heavy atom. The van der Waals surface area contributed by atoms with Crippen molar-refractivity contribution in [3.63, 3.8) is 0 Å². The Hall–Kier alpha value is -1.05. The van der Waals surface area contributed by atoms with Gasteiger partial charge in [-0.15, -0.1) is 0 Å². The molecule has 0 spiro atoms. The minimum atomic E-state index is -0.699. The molecule has 15 heavy (non-hydrogen) atoms. The van der Waals surface area contributed by atoms with Gasteiger partial charge in [-0.25, -0.2) is 0 Å². The first-order chi connectivity index (χ1) is 7.15. The highest BCUT2D eigenvalue weighted by Gasteiger charge is 2.33. The van der Waals surface area contributed by atoms with Gasteiger partial charge in [0.05, 0.1) is 0 Å². The molecule has 82 valence electrons. The molecule has 3 atom stereocenters. The molecule has 0 amide bonds. The van der Waals surface area contributed by atoms with E-state index in [4.69, 9.17) is 5.11 Å². The van der Waals surface area contributed by atoms with Gasteiger partial charge < -0.3 is 5.11 Å². The van der Waals surface area contributed by atoms with Gasteiger partial charge in [-0.2, -0.15) is 0 Å². The number of carbonyl (C=O) groups is 1. The van der Waals surface area contributed by atoms with E-state index in [-0.39, 0.29) is 6.42 Å². The lowest BCUT2D eigenvalue weighted by Crippen LogP contribution is -2.04. The summed E-state index contributed by atoms with van der Waals surface area (Å²) in [6, 6.07) is 0. The number of carboxylic acids is 1. The van der Waals surface area contributed by atoms with Gasteiger partial charge in [0.25, 0.3) is 0 Å². The zero-order valence-electron chi connectivity index (χ0n) is 9.15. The lowest BCUT2D eigenvalue weighted by molar-refractivity contribution is -0.136. The molecule has 1 N–H and O–H groups in total. The van der Waals surface area contributed by atoms with Crippen molar-refractivity contribution in [2.75, 3.05) is 0 Å². The van der Waals surface area contributed by atoms with Crippen molar-refractivity contribution in [3.8, 4) is 0 Å². The second-order valence-corrected chi connectivity index (χ2v) is 4.85. The molecule has 1 saturated carbocycles. The number of hydrogen-bond acceptors (Lipinski definition) is 1. The predicted molar refractivity (Wildman–Crippen MR) is 59.5 cm³/mol. The normalized spacial score (nSPS) is 33.7. The van der Waals surface area contributed by atoms with Crippen molar-refractivity contribution >= 4 is 5.97 Å². The molecule has 0 aromatic rings. The number of hydrogen-bond donors (Lipinski definition) is 1. The van der Waals surface area contributed by atoms with Crippen LogP contribution in [0.3, 0.4) is 0 Å². The molecule has 0 saturated heterocycles. The number of fused-ring (bicyclic) bond motifs is 2. The number of carboxylic acid groups (broad SMARTS) is 1. The fraction of sp³-hybridized carbons (Fsp3) is 0.615. The molecule has 2 bridgehead atoms. The van der Waals surface area contributed by atoms with Gasteiger partial charge >= 0.3 is 5.97 Å². The zero-order valence-corrected chi connectivity index (χ0v) is 9.15. The molecule has 0 heterocycles. The van der Waals surface area contributed by atoms with E-state index in [1.807, 2.05) is 0 Å². The average molecular weight is 206 g/mol. The van der Waals surface area contributed by atoms with Crippen molar-refractivity contribution in [1.82, 2.24) is 0 Å². The highest BCUT2D eigenvalue weighted by Crippen LogP contribution is 2.44. The summed E-state index contributed by atoms with van der Waals surface area (Å²) >= 11 is 0. The first-order valence-electron chi connectivity index (χ1n) is 5.72. The van der Waals surface area contributed by atoms with Crippen LogP contribution in [0.2, 0.25) is 0 Å². The standard InChI is InChI=1S/C13H18O2/c1-9(2-5-13(14)15)6-12-8-10-3-4-11(12)7-10/h3-4,6,10-12H,2,5,7-8H2,1H3,(H,14,15). The third-order valence-corrected chi connectivity index (χ3v) is 3.56. The Balaban J connectivity index is 1.87. The maximum atomic E-state index is 10.4. The van der Waals surface area contributed by atoms with Crippen molar-refractivity contribution in [1.29, 1.82) is 0 Å². The highest BCUT2D eigenvalue weighted by atomic mass is 16.4. The Bertz CT molecular complexity index is 314. The Kier molecular flexibility index (Phi) is 2.94. The van der Waals surface area contributed by atoms with Gasteiger partial charge in [0.2, 0.25) is 0 Å². The van der Waals surface area contributed by atoms with Crippen LogP contribution in [-0.2, 0) is 4.79 Å². The predicted octanol–water partition coefficient (Wildman–Crippen LogP) is 3.01. The van der Waals surface area contributed by atoms with Crippen LogP contribution in [0.25, 0.3) is 0 Å². The van der Waals surface area contributed by atoms with Crippen molar-refractivity contribution in [2.45, 2.75) is 32.6 Å². The molecular formula is C13H18O2. The smallest absolute Gasteiger partial charge is 0.303 e. The van der Waals surface area contributed by atoms with E-state index in [1.165, 1.54) is 18.4 Å². The number of allylic oxidation sites excluding steroid dienone is 4. The lowest BCUT2D eigenvalue weighted by Gasteiger charge is -2.14. The van der Waals surface area contributed by atoms with E-state index in [0.717, 1.165) is 11.8 Å².